The van der Waals surface area contributed by atoms with Crippen molar-refractivity contribution >= 4 is 17.8 Å². The van der Waals surface area contributed by atoms with Crippen molar-refractivity contribution in [3.05, 3.63) is 23.0 Å². The average Bonchev–Trinajstić information content (AvgIpc) is 2.40. The molecule has 5 nitrogen and oxygen atoms in total. The van der Waals surface area contributed by atoms with E-state index >= 15 is 0 Å². The molecule has 0 saturated heterocycles. The van der Waals surface area contributed by atoms with Crippen LogP contribution in [0.25, 0.3) is 0 Å². The van der Waals surface area contributed by atoms with E-state index in [1.54, 1.807) is 0 Å². The van der Waals surface area contributed by atoms with Crippen molar-refractivity contribution in [2.24, 2.45) is 16.5 Å². The number of nitrogens with one attached hydrogen (secondary N) is 1. The molecule has 1 aliphatic heterocycles. The summed E-state index contributed by atoms with van der Waals surface area (Å²) in [5, 5.41) is 7.05. The van der Waals surface area contributed by atoms with Gasteiger partial charge in [-0.15, -0.1) is 0 Å². The van der Waals surface area contributed by atoms with Crippen molar-refractivity contribution in [3.63, 3.8) is 0 Å². The van der Waals surface area contributed by atoms with E-state index in [1.165, 1.54) is 13.0 Å². The van der Waals surface area contributed by atoms with E-state index in [-0.39, 0.29) is 12.2 Å². The Kier molecular flexibility index (Phi) is 5.77. The number of ketones is 1. The minimum atomic E-state index is -0.0858. The van der Waals surface area contributed by atoms with Crippen LogP contribution in [0.2, 0.25) is 0 Å². The van der Waals surface area contributed by atoms with Gasteiger partial charge in [-0.25, -0.2) is 4.99 Å². The molecule has 0 bridgehead atoms. The smallest absolute Gasteiger partial charge is 0.156 e. The molecule has 1 rings (SSSR count). The highest BCUT2D eigenvalue weighted by Gasteiger charge is 2.12. The van der Waals surface area contributed by atoms with Crippen molar-refractivity contribution in [3.8, 4) is 0 Å². The number of nitrogens with two attached hydrogens (primary N) is 2. The first-order valence-corrected chi connectivity index (χ1v) is 5.09. The van der Waals surface area contributed by atoms with Gasteiger partial charge in [-0.3, -0.25) is 4.79 Å². The van der Waals surface area contributed by atoms with Crippen LogP contribution in [0, 0.1) is 5.41 Å². The molecule has 0 fully saturated rings. The van der Waals surface area contributed by atoms with Gasteiger partial charge in [0.15, 0.2) is 5.78 Å². The van der Waals surface area contributed by atoms with Crippen LogP contribution in [-0.4, -0.2) is 17.8 Å². The quantitative estimate of drug-likeness (QED) is 0.609. The highest BCUT2D eigenvalue weighted by molar-refractivity contribution is 6.01. The molecular weight excluding hydrogens is 204 g/mol. The van der Waals surface area contributed by atoms with Crippen LogP contribution >= 0.6 is 0 Å². The van der Waals surface area contributed by atoms with Crippen molar-refractivity contribution in [1.82, 2.24) is 0 Å². The molecule has 0 saturated carbocycles. The maximum Gasteiger partial charge on any atom is 0.156 e. The minimum absolute atomic E-state index is 0.0858. The second-order valence-corrected chi connectivity index (χ2v) is 2.99. The summed E-state index contributed by atoms with van der Waals surface area (Å²) < 4.78 is 0. The first-order valence-electron chi connectivity index (χ1n) is 5.09. The first kappa shape index (κ1) is 14.1. The van der Waals surface area contributed by atoms with Crippen LogP contribution < -0.4 is 11.5 Å². The summed E-state index contributed by atoms with van der Waals surface area (Å²) in [7, 11) is 0. The maximum absolute atomic E-state index is 11.1. The van der Waals surface area contributed by atoms with Gasteiger partial charge in [-0.1, -0.05) is 13.8 Å². The molecule has 0 aromatic heterocycles. The number of hydrogen-bond acceptors (Lipinski definition) is 5. The number of hydrogen-bond donors (Lipinski definition) is 3. The van der Waals surface area contributed by atoms with Crippen LogP contribution in [-0.2, 0) is 4.79 Å². The van der Waals surface area contributed by atoms with E-state index in [2.05, 4.69) is 4.99 Å². The largest absolute Gasteiger partial charge is 0.397 e. The van der Waals surface area contributed by atoms with Gasteiger partial charge >= 0.3 is 0 Å². The van der Waals surface area contributed by atoms with Gasteiger partial charge in [0.1, 0.15) is 11.5 Å². The Morgan fingerprint density at radius 3 is 2.50 bits per heavy atom. The summed E-state index contributed by atoms with van der Waals surface area (Å²) >= 11 is 0. The Morgan fingerprint density at radius 1 is 1.50 bits per heavy atom. The maximum atomic E-state index is 11.1. The van der Waals surface area contributed by atoms with Gasteiger partial charge in [0.25, 0.3) is 0 Å². The van der Waals surface area contributed by atoms with E-state index in [9.17, 15) is 4.79 Å². The number of rotatable bonds is 2. The number of nitrogens with zero attached hydrogens (tertiary/aromatic N) is 1. The number of carbonyl (C=O) groups is 1. The fraction of sp³-hybridized carbons (Fsp3) is 0.364. The lowest BCUT2D eigenvalue weighted by Crippen LogP contribution is -2.14. The molecule has 0 amide bonds. The Labute approximate surface area is 95.4 Å². The van der Waals surface area contributed by atoms with E-state index in [0.717, 1.165) is 6.21 Å². The molecule has 5 N–H and O–H groups in total. The first-order chi connectivity index (χ1) is 7.54. The summed E-state index contributed by atoms with van der Waals surface area (Å²) in [6.07, 6.45) is 2.82. The molecular formula is C11H18N4O. The van der Waals surface area contributed by atoms with Crippen molar-refractivity contribution < 1.29 is 4.79 Å². The third kappa shape index (κ3) is 3.68. The van der Waals surface area contributed by atoms with Gasteiger partial charge in [0.2, 0.25) is 0 Å². The lowest BCUT2D eigenvalue weighted by molar-refractivity contribution is -0.113. The minimum Gasteiger partial charge on any atom is -0.397 e. The average molecular weight is 222 g/mol. The molecule has 0 aliphatic carbocycles. The summed E-state index contributed by atoms with van der Waals surface area (Å²) in [6.45, 7) is 5.45. The third-order valence-electron chi connectivity index (χ3n) is 1.85. The van der Waals surface area contributed by atoms with Crippen LogP contribution in [0.4, 0.5) is 0 Å². The second-order valence-electron chi connectivity index (χ2n) is 2.99. The molecule has 0 atom stereocenters. The summed E-state index contributed by atoms with van der Waals surface area (Å²) in [6, 6.07) is 0. The Bertz CT molecular complexity index is 377. The van der Waals surface area contributed by atoms with Crippen LogP contribution in [0.15, 0.2) is 28.0 Å². The zero-order valence-electron chi connectivity index (χ0n) is 9.87. The van der Waals surface area contributed by atoms with Crippen LogP contribution in [0.3, 0.4) is 0 Å². The van der Waals surface area contributed by atoms with Gasteiger partial charge < -0.3 is 16.9 Å². The summed E-state index contributed by atoms with van der Waals surface area (Å²) in [5.41, 5.74) is 12.3. The van der Waals surface area contributed by atoms with E-state index in [1.807, 2.05) is 13.8 Å². The molecule has 0 aromatic rings. The predicted molar refractivity (Wildman–Crippen MR) is 66.3 cm³/mol. The lowest BCUT2D eigenvalue weighted by atomic mass is 10.1. The fourth-order valence-electron chi connectivity index (χ4n) is 1.11. The topological polar surface area (TPSA) is 105 Å². The standard InChI is InChI=1S/C9H12N4O.C2H6/c1-5(14)6-2-7(11)8(4-10)13-9(12)3-6;1-2/h2,4,10H,3,11H2,1H3,(H2,12,13);1-2H3. The molecule has 0 radical (unpaired) electrons. The monoisotopic (exact) mass is 222 g/mol. The van der Waals surface area contributed by atoms with Gasteiger partial charge in [-0.05, 0) is 13.0 Å². The van der Waals surface area contributed by atoms with Crippen molar-refractivity contribution in [2.75, 3.05) is 0 Å². The molecule has 16 heavy (non-hydrogen) atoms. The highest BCUT2D eigenvalue weighted by Crippen LogP contribution is 2.13. The number of allylic oxidation sites excluding steroid dienone is 2. The van der Waals surface area contributed by atoms with E-state index < -0.39 is 0 Å². The van der Waals surface area contributed by atoms with Gasteiger partial charge in [0.05, 0.1) is 5.70 Å². The predicted octanol–water partition coefficient (Wildman–Crippen LogP) is 1.11. The zero-order chi connectivity index (χ0) is 12.7. The number of aliphatic imine (C=N–C) groups is 1. The number of amidine groups is 1. The molecule has 1 aliphatic rings. The summed E-state index contributed by atoms with van der Waals surface area (Å²) in [5.74, 6) is 0.211. The highest BCUT2D eigenvalue weighted by atomic mass is 16.1. The van der Waals surface area contributed by atoms with E-state index in [4.69, 9.17) is 16.9 Å². The molecule has 1 heterocycles. The molecule has 88 valence electrons. The third-order valence-corrected chi connectivity index (χ3v) is 1.85. The fourth-order valence-corrected chi connectivity index (χ4v) is 1.11. The number of Topliss-reactive ketones (excluding diaryl/α,β-unsaturated/α-hetero) is 1. The van der Waals surface area contributed by atoms with E-state index in [0.29, 0.717) is 22.8 Å². The Hall–Kier alpha value is -1.91. The Morgan fingerprint density at radius 2 is 2.06 bits per heavy atom. The SMILES string of the molecule is CC.CC(=O)C1=CC(N)=C(C=N)N=C(N)C1. The molecule has 0 aromatic carbocycles. The van der Waals surface area contributed by atoms with Gasteiger partial charge in [-0.2, -0.15) is 0 Å². The lowest BCUT2D eigenvalue weighted by Gasteiger charge is -1.99. The van der Waals surface area contributed by atoms with Crippen molar-refractivity contribution in [2.45, 2.75) is 27.2 Å². The normalized spacial score (nSPS) is 15.2. The Balaban J connectivity index is 0.00000106. The second kappa shape index (κ2) is 6.55. The molecule has 0 unspecified atom stereocenters. The zero-order valence-corrected chi connectivity index (χ0v) is 9.87. The molecule has 5 heteroatoms. The molecule has 0 spiro atoms. The van der Waals surface area contributed by atoms with Gasteiger partial charge in [0, 0.05) is 18.2 Å². The number of carbonyl (C=O) groups excluding carboxylic acids is 1. The van der Waals surface area contributed by atoms with Crippen LogP contribution in [0.1, 0.15) is 27.2 Å². The van der Waals surface area contributed by atoms with Crippen molar-refractivity contribution in [1.29, 1.82) is 5.41 Å². The summed E-state index contributed by atoms with van der Waals surface area (Å²) in [4.78, 5) is 15.0. The van der Waals surface area contributed by atoms with Crippen LogP contribution in [0.5, 0.6) is 0 Å².